The fourth-order valence-corrected chi connectivity index (χ4v) is 3.97. The van der Waals surface area contributed by atoms with Crippen molar-refractivity contribution in [3.63, 3.8) is 0 Å². The lowest BCUT2D eigenvalue weighted by Crippen LogP contribution is -2.15. The number of hydrogen-bond donors (Lipinski definition) is 2. The molecule has 2 N–H and O–H groups in total. The minimum Gasteiger partial charge on any atom is -0.340 e. The van der Waals surface area contributed by atoms with Gasteiger partial charge in [-0.05, 0) is 55.5 Å². The van der Waals surface area contributed by atoms with Crippen LogP contribution < -0.4 is 10.0 Å². The second-order valence-electron chi connectivity index (χ2n) is 6.16. The van der Waals surface area contributed by atoms with Crippen LogP contribution in [0.2, 0.25) is 0 Å². The number of benzene rings is 2. The van der Waals surface area contributed by atoms with Gasteiger partial charge in [-0.15, -0.1) is 12.4 Å². The quantitative estimate of drug-likeness (QED) is 0.410. The molecule has 0 unspecified atom stereocenters. The van der Waals surface area contributed by atoms with Crippen LogP contribution in [0.1, 0.15) is 5.69 Å². The topological polar surface area (TPSA) is 110 Å². The molecule has 0 atom stereocenters. The van der Waals surface area contributed by atoms with Gasteiger partial charge in [-0.25, -0.2) is 33.1 Å². The number of nitrogens with zero attached hydrogens (tertiary/aromatic N) is 4. The Hall–Kier alpha value is -2.82. The molecule has 2 heterocycles. The zero-order valence-corrected chi connectivity index (χ0v) is 18.8. The zero-order valence-electron chi connectivity index (χ0n) is 15.6. The van der Waals surface area contributed by atoms with Crippen molar-refractivity contribution in [1.29, 1.82) is 0 Å². The normalized spacial score (nSPS) is 11.0. The third-order valence-electron chi connectivity index (χ3n) is 4.05. The molecular weight excluding hydrogens is 492 g/mol. The van der Waals surface area contributed by atoms with E-state index in [4.69, 9.17) is 0 Å². The smallest absolute Gasteiger partial charge is 0.264 e. The molecule has 0 radical (unpaired) electrons. The van der Waals surface area contributed by atoms with E-state index >= 15 is 0 Å². The maximum Gasteiger partial charge on any atom is 0.264 e. The van der Waals surface area contributed by atoms with Gasteiger partial charge in [-0.1, -0.05) is 15.9 Å². The molecular formula is C19H16BrClN6O2S. The highest BCUT2D eigenvalue weighted by molar-refractivity contribution is 9.10. The Morgan fingerprint density at radius 2 is 1.73 bits per heavy atom. The second kappa shape index (κ2) is 8.90. The highest BCUT2D eigenvalue weighted by atomic mass is 79.9. The minimum absolute atomic E-state index is 0. The van der Waals surface area contributed by atoms with Crippen molar-refractivity contribution in [2.45, 2.75) is 11.8 Å². The molecule has 0 aliphatic heterocycles. The van der Waals surface area contributed by atoms with Crippen LogP contribution in [0.3, 0.4) is 0 Å². The molecule has 0 bridgehead atoms. The summed E-state index contributed by atoms with van der Waals surface area (Å²) in [6.07, 6.45) is 2.97. The number of rotatable bonds is 5. The number of nitrogens with one attached hydrogen (secondary N) is 2. The van der Waals surface area contributed by atoms with Gasteiger partial charge < -0.3 is 5.32 Å². The van der Waals surface area contributed by atoms with E-state index in [0.717, 1.165) is 15.4 Å². The second-order valence-corrected chi connectivity index (χ2v) is 8.76. The molecule has 154 valence electrons. The fourth-order valence-electron chi connectivity index (χ4n) is 2.66. The lowest BCUT2D eigenvalue weighted by Gasteiger charge is -2.10. The third kappa shape index (κ3) is 4.84. The number of aromatic nitrogens is 4. The van der Waals surface area contributed by atoms with Crippen molar-refractivity contribution in [2.24, 2.45) is 0 Å². The van der Waals surface area contributed by atoms with Crippen molar-refractivity contribution < 1.29 is 8.42 Å². The van der Waals surface area contributed by atoms with Crippen molar-refractivity contribution >= 4 is 66.7 Å². The molecule has 30 heavy (non-hydrogen) atoms. The summed E-state index contributed by atoms with van der Waals surface area (Å²) in [6.45, 7) is 1.76. The summed E-state index contributed by atoms with van der Waals surface area (Å²) in [7, 11) is -3.79. The molecule has 4 rings (SSSR count). The highest BCUT2D eigenvalue weighted by Gasteiger charge is 2.16. The molecule has 0 aliphatic carbocycles. The van der Waals surface area contributed by atoms with Crippen LogP contribution in [0.25, 0.3) is 10.9 Å². The lowest BCUT2D eigenvalue weighted by molar-refractivity contribution is 0.601. The van der Waals surface area contributed by atoms with Crippen LogP contribution in [0.5, 0.6) is 0 Å². The number of fused-ring (bicyclic) bond motifs is 1. The Morgan fingerprint density at radius 3 is 2.47 bits per heavy atom. The molecule has 0 spiro atoms. The molecule has 2 aromatic carbocycles. The number of halogens is 2. The maximum absolute atomic E-state index is 12.6. The average molecular weight is 508 g/mol. The van der Waals surface area contributed by atoms with Gasteiger partial charge >= 0.3 is 0 Å². The summed E-state index contributed by atoms with van der Waals surface area (Å²) in [6, 6.07) is 13.7. The van der Waals surface area contributed by atoms with Crippen LogP contribution >= 0.6 is 28.3 Å². The molecule has 0 amide bonds. The van der Waals surface area contributed by atoms with Crippen molar-refractivity contribution in [3.8, 4) is 0 Å². The van der Waals surface area contributed by atoms with Crippen LogP contribution in [0, 0.1) is 6.92 Å². The van der Waals surface area contributed by atoms with E-state index in [-0.39, 0.29) is 23.3 Å². The van der Waals surface area contributed by atoms with Crippen molar-refractivity contribution in [2.75, 3.05) is 10.0 Å². The summed E-state index contributed by atoms with van der Waals surface area (Å²) < 4.78 is 28.4. The first-order chi connectivity index (χ1) is 13.9. The Kier molecular flexibility index (Phi) is 6.49. The van der Waals surface area contributed by atoms with Crippen LogP contribution in [-0.4, -0.2) is 28.4 Å². The third-order valence-corrected chi connectivity index (χ3v) is 5.88. The van der Waals surface area contributed by atoms with E-state index in [9.17, 15) is 8.42 Å². The summed E-state index contributed by atoms with van der Waals surface area (Å²) in [5.41, 5.74) is 2.16. The van der Waals surface area contributed by atoms with Crippen LogP contribution in [0.4, 0.5) is 17.5 Å². The van der Waals surface area contributed by atoms with Gasteiger partial charge in [0.05, 0.1) is 10.4 Å². The van der Waals surface area contributed by atoms with Crippen LogP contribution in [0.15, 0.2) is 70.4 Å². The predicted octanol–water partition coefficient (Wildman–Crippen LogP) is 4.46. The maximum atomic E-state index is 12.6. The van der Waals surface area contributed by atoms with E-state index in [1.54, 1.807) is 25.1 Å². The monoisotopic (exact) mass is 506 g/mol. The predicted molar refractivity (Wildman–Crippen MR) is 122 cm³/mol. The molecule has 8 nitrogen and oxygen atoms in total. The zero-order chi connectivity index (χ0) is 20.4. The summed E-state index contributed by atoms with van der Waals surface area (Å²) in [4.78, 5) is 16.6. The molecule has 0 fully saturated rings. The molecule has 2 aromatic heterocycles. The van der Waals surface area contributed by atoms with E-state index in [0.29, 0.717) is 17.2 Å². The van der Waals surface area contributed by atoms with Gasteiger partial charge in [0.15, 0.2) is 0 Å². The summed E-state index contributed by atoms with van der Waals surface area (Å²) in [5, 5.41) is 4.04. The highest BCUT2D eigenvalue weighted by Crippen LogP contribution is 2.26. The summed E-state index contributed by atoms with van der Waals surface area (Å²) >= 11 is 3.45. The van der Waals surface area contributed by atoms with Gasteiger partial charge in [0.1, 0.15) is 12.1 Å². The lowest BCUT2D eigenvalue weighted by atomic mass is 10.2. The molecule has 11 heteroatoms. The molecule has 0 aliphatic rings. The van der Waals surface area contributed by atoms with Gasteiger partial charge in [0.2, 0.25) is 5.95 Å². The largest absolute Gasteiger partial charge is 0.340 e. The first kappa shape index (κ1) is 21.9. The standard InChI is InChI=1S/C19H15BrN6O2S.ClH/c1-12-8-9-21-19(24-12)26-29(27,28)15-5-3-14(4-6-15)25-18-16-10-13(20)2-7-17(16)22-11-23-18;/h2-11H,1H3,(H,21,24,26)(H,22,23,25);1H. The van der Waals surface area contributed by atoms with E-state index in [1.807, 2.05) is 18.2 Å². The van der Waals surface area contributed by atoms with E-state index in [1.165, 1.54) is 24.7 Å². The average Bonchev–Trinajstić information content (AvgIpc) is 2.68. The number of anilines is 3. The Bertz CT molecular complexity index is 1300. The molecule has 0 saturated heterocycles. The van der Waals surface area contributed by atoms with Gasteiger partial charge in [0.25, 0.3) is 10.0 Å². The van der Waals surface area contributed by atoms with Crippen LogP contribution in [-0.2, 0) is 10.0 Å². The Morgan fingerprint density at radius 1 is 0.967 bits per heavy atom. The summed E-state index contributed by atoms with van der Waals surface area (Å²) in [5.74, 6) is 0.656. The van der Waals surface area contributed by atoms with Gasteiger partial charge in [-0.3, -0.25) is 0 Å². The molecule has 0 saturated carbocycles. The minimum atomic E-state index is -3.79. The number of hydrogen-bond acceptors (Lipinski definition) is 7. The van der Waals surface area contributed by atoms with Gasteiger partial charge in [-0.2, -0.15) is 0 Å². The fraction of sp³-hybridized carbons (Fsp3) is 0.0526. The number of sulfonamides is 1. The SMILES string of the molecule is Cc1ccnc(NS(=O)(=O)c2ccc(Nc3ncnc4ccc(Br)cc34)cc2)n1.Cl. The first-order valence-electron chi connectivity index (χ1n) is 8.50. The van der Waals surface area contributed by atoms with Gasteiger partial charge in [0, 0.05) is 27.4 Å². The first-order valence-corrected chi connectivity index (χ1v) is 10.8. The Balaban J connectivity index is 0.00000256. The van der Waals surface area contributed by atoms with Crippen molar-refractivity contribution in [3.05, 3.63) is 71.2 Å². The van der Waals surface area contributed by atoms with E-state index < -0.39 is 10.0 Å². The van der Waals surface area contributed by atoms with Crippen molar-refractivity contribution in [1.82, 2.24) is 19.9 Å². The number of aryl methyl sites for hydroxylation is 1. The Labute approximate surface area is 187 Å². The van der Waals surface area contributed by atoms with E-state index in [2.05, 4.69) is 45.9 Å². The molecule has 4 aromatic rings.